The van der Waals surface area contributed by atoms with Crippen molar-refractivity contribution in [2.45, 2.75) is 171 Å². The van der Waals surface area contributed by atoms with Gasteiger partial charge in [-0.3, -0.25) is 4.79 Å². The Morgan fingerprint density at radius 2 is 1.07 bits per heavy atom. The molecule has 0 aliphatic heterocycles. The number of rotatable bonds is 27. The molecule has 0 heterocycles. The van der Waals surface area contributed by atoms with Crippen LogP contribution in [-0.2, 0) is 9.53 Å². The molecule has 0 rings (SSSR count). The van der Waals surface area contributed by atoms with Crippen LogP contribution >= 0.6 is 0 Å². The van der Waals surface area contributed by atoms with Crippen LogP contribution in [0.2, 0.25) is 0 Å². The third-order valence-electron chi connectivity index (χ3n) is 9.02. The number of ether oxygens (including phenoxy) is 1. The molecule has 0 saturated carbocycles. The monoisotopic (exact) mass is 592 g/mol. The van der Waals surface area contributed by atoms with Gasteiger partial charge in [-0.25, -0.2) is 0 Å². The number of hydrogen-bond donors (Lipinski definition) is 0. The summed E-state index contributed by atoms with van der Waals surface area (Å²) in [6, 6.07) is 0. The molecule has 42 heavy (non-hydrogen) atoms. The summed E-state index contributed by atoms with van der Waals surface area (Å²) in [6.07, 6.45) is 23.6. The average molecular weight is 592 g/mol. The van der Waals surface area contributed by atoms with Crippen molar-refractivity contribution in [3.05, 3.63) is 12.2 Å². The fourth-order valence-electron chi connectivity index (χ4n) is 5.93. The summed E-state index contributed by atoms with van der Waals surface area (Å²) in [5.74, 6) is 4.65. The number of esters is 1. The lowest BCUT2D eigenvalue weighted by molar-refractivity contribution is -0.152. The fourth-order valence-corrected chi connectivity index (χ4v) is 5.93. The molecule has 3 heteroatoms. The summed E-state index contributed by atoms with van der Waals surface area (Å²) < 4.78 is 6.40. The number of nitrogens with zero attached hydrogens (tertiary/aromatic N) is 1. The fraction of sp³-hybridized carbons (Fsp3) is 0.923. The molecule has 0 saturated heterocycles. The molecule has 5 atom stereocenters. The average Bonchev–Trinajstić information content (AvgIpc) is 2.88. The molecule has 0 fully saturated rings. The number of allylic oxidation sites excluding steroid dienone is 1. The number of hydrogen-bond acceptors (Lipinski definition) is 3. The quantitative estimate of drug-likeness (QED) is 0.0540. The third-order valence-corrected chi connectivity index (χ3v) is 9.02. The predicted octanol–water partition coefficient (Wildman–Crippen LogP) is 11.8. The van der Waals surface area contributed by atoms with E-state index in [0.29, 0.717) is 24.2 Å². The van der Waals surface area contributed by atoms with Gasteiger partial charge in [0.05, 0.1) is 0 Å². The van der Waals surface area contributed by atoms with Crippen LogP contribution in [-0.4, -0.2) is 37.6 Å². The van der Waals surface area contributed by atoms with E-state index in [2.05, 4.69) is 93.5 Å². The Kier molecular flexibility index (Phi) is 25.0. The van der Waals surface area contributed by atoms with Gasteiger partial charge in [-0.15, -0.1) is 0 Å². The first-order chi connectivity index (χ1) is 19.8. The SMILES string of the molecule is CC(C)CCCC(C)/C=C\C(CCC(C)CCCC(C)C)C(CCC(C)CCCC(C)C)OC(=O)CCCCN(C)C. The summed E-state index contributed by atoms with van der Waals surface area (Å²) in [7, 11) is 4.20. The van der Waals surface area contributed by atoms with E-state index in [1.165, 1.54) is 64.2 Å². The first kappa shape index (κ1) is 41.2. The van der Waals surface area contributed by atoms with Crippen molar-refractivity contribution in [2.24, 2.45) is 41.4 Å². The third kappa shape index (κ3) is 25.6. The summed E-state index contributed by atoms with van der Waals surface area (Å²) in [4.78, 5) is 15.3. The van der Waals surface area contributed by atoms with Crippen molar-refractivity contribution in [3.8, 4) is 0 Å². The molecule has 5 unspecified atom stereocenters. The summed E-state index contributed by atoms with van der Waals surface area (Å²) in [5.41, 5.74) is 0. The zero-order valence-electron chi connectivity index (χ0n) is 30.6. The second-order valence-electron chi connectivity index (χ2n) is 15.7. The Morgan fingerprint density at radius 3 is 1.57 bits per heavy atom. The summed E-state index contributed by atoms with van der Waals surface area (Å²) in [5, 5.41) is 0. The van der Waals surface area contributed by atoms with E-state index in [1.54, 1.807) is 0 Å². The Balaban J connectivity index is 5.56. The number of carbonyl (C=O) groups is 1. The normalized spacial score (nSPS) is 16.1. The molecular weight excluding hydrogens is 514 g/mol. The minimum absolute atomic E-state index is 0.000811. The van der Waals surface area contributed by atoms with Gasteiger partial charge in [0.15, 0.2) is 0 Å². The molecular formula is C39H77NO2. The summed E-state index contributed by atoms with van der Waals surface area (Å²) in [6.45, 7) is 22.2. The molecule has 250 valence electrons. The van der Waals surface area contributed by atoms with E-state index in [9.17, 15) is 4.79 Å². The smallest absolute Gasteiger partial charge is 0.306 e. The molecule has 0 aromatic rings. The minimum atomic E-state index is 0.000811. The van der Waals surface area contributed by atoms with Crippen LogP contribution in [0.1, 0.15) is 165 Å². The Bertz CT molecular complexity index is 653. The minimum Gasteiger partial charge on any atom is -0.462 e. The molecule has 0 aromatic heterocycles. The number of carbonyl (C=O) groups excluding carboxylic acids is 1. The van der Waals surface area contributed by atoms with Gasteiger partial charge in [0.25, 0.3) is 0 Å². The van der Waals surface area contributed by atoms with Crippen LogP contribution < -0.4 is 0 Å². The van der Waals surface area contributed by atoms with Gasteiger partial charge in [-0.05, 0) is 94.7 Å². The van der Waals surface area contributed by atoms with Crippen LogP contribution in [0.15, 0.2) is 12.2 Å². The van der Waals surface area contributed by atoms with Crippen LogP contribution in [0.3, 0.4) is 0 Å². The van der Waals surface area contributed by atoms with E-state index in [0.717, 1.165) is 62.3 Å². The van der Waals surface area contributed by atoms with Gasteiger partial charge in [-0.1, -0.05) is 132 Å². The van der Waals surface area contributed by atoms with Gasteiger partial charge < -0.3 is 9.64 Å². The lowest BCUT2D eigenvalue weighted by atomic mass is 9.85. The first-order valence-electron chi connectivity index (χ1n) is 18.3. The van der Waals surface area contributed by atoms with Crippen molar-refractivity contribution in [1.82, 2.24) is 4.90 Å². The maximum Gasteiger partial charge on any atom is 0.306 e. The van der Waals surface area contributed by atoms with Crippen molar-refractivity contribution >= 4 is 5.97 Å². The highest BCUT2D eigenvalue weighted by Crippen LogP contribution is 2.29. The lowest BCUT2D eigenvalue weighted by Crippen LogP contribution is -2.27. The lowest BCUT2D eigenvalue weighted by Gasteiger charge is -2.28. The van der Waals surface area contributed by atoms with E-state index in [4.69, 9.17) is 4.74 Å². The maximum absolute atomic E-state index is 13.1. The molecule has 0 radical (unpaired) electrons. The zero-order chi connectivity index (χ0) is 31.9. The van der Waals surface area contributed by atoms with E-state index in [-0.39, 0.29) is 12.1 Å². The zero-order valence-corrected chi connectivity index (χ0v) is 30.6. The Morgan fingerprint density at radius 1 is 0.571 bits per heavy atom. The highest BCUT2D eigenvalue weighted by atomic mass is 16.5. The highest BCUT2D eigenvalue weighted by Gasteiger charge is 2.25. The standard InChI is InChI=1S/C39H77NO2/c1-31(2)17-14-20-34(7)24-27-37(28-25-35(8)21-15-18-32(3)4)38(29-26-36(9)22-16-19-33(5)6)42-39(41)23-12-13-30-40(10)11/h24,27,31-38H,12-23,25-26,28-30H2,1-11H3/b27-24-. The van der Waals surface area contributed by atoms with Crippen LogP contribution in [0.5, 0.6) is 0 Å². The van der Waals surface area contributed by atoms with E-state index >= 15 is 0 Å². The topological polar surface area (TPSA) is 29.5 Å². The molecule has 0 N–H and O–H groups in total. The molecule has 0 amide bonds. The van der Waals surface area contributed by atoms with E-state index < -0.39 is 0 Å². The van der Waals surface area contributed by atoms with Crippen LogP contribution in [0, 0.1) is 41.4 Å². The molecule has 0 bridgehead atoms. The first-order valence-corrected chi connectivity index (χ1v) is 18.3. The van der Waals surface area contributed by atoms with Crippen LogP contribution in [0.4, 0.5) is 0 Å². The molecule has 0 spiro atoms. The largest absolute Gasteiger partial charge is 0.462 e. The highest BCUT2D eigenvalue weighted by molar-refractivity contribution is 5.69. The maximum atomic E-state index is 13.1. The predicted molar refractivity (Wildman–Crippen MR) is 187 cm³/mol. The number of unbranched alkanes of at least 4 members (excludes halogenated alkanes) is 1. The Labute approximate surface area is 265 Å². The van der Waals surface area contributed by atoms with Crippen molar-refractivity contribution in [2.75, 3.05) is 20.6 Å². The van der Waals surface area contributed by atoms with Gasteiger partial charge in [0.1, 0.15) is 6.10 Å². The molecule has 0 aliphatic rings. The van der Waals surface area contributed by atoms with Crippen molar-refractivity contribution in [1.29, 1.82) is 0 Å². The van der Waals surface area contributed by atoms with Crippen molar-refractivity contribution < 1.29 is 9.53 Å². The van der Waals surface area contributed by atoms with Crippen molar-refractivity contribution in [3.63, 3.8) is 0 Å². The molecule has 0 aromatic carbocycles. The Hall–Kier alpha value is -0.830. The second-order valence-corrected chi connectivity index (χ2v) is 15.7. The van der Waals surface area contributed by atoms with Gasteiger partial charge in [-0.2, -0.15) is 0 Å². The van der Waals surface area contributed by atoms with Gasteiger partial charge in [0.2, 0.25) is 0 Å². The molecule has 0 aliphatic carbocycles. The second kappa shape index (κ2) is 25.5. The van der Waals surface area contributed by atoms with Gasteiger partial charge in [0, 0.05) is 12.3 Å². The van der Waals surface area contributed by atoms with Crippen LogP contribution in [0.25, 0.3) is 0 Å². The van der Waals surface area contributed by atoms with E-state index in [1.807, 2.05) is 0 Å². The molecule has 3 nitrogen and oxygen atoms in total. The van der Waals surface area contributed by atoms with Gasteiger partial charge >= 0.3 is 5.97 Å². The summed E-state index contributed by atoms with van der Waals surface area (Å²) >= 11 is 0.